The number of methoxy groups -OCH3 is 3. The minimum absolute atomic E-state index is 0.202. The number of nitrogens with one attached hydrogen (secondary N) is 1. The maximum absolute atomic E-state index is 12.3. The van der Waals surface area contributed by atoms with E-state index in [1.807, 2.05) is 6.07 Å². The first-order valence-corrected chi connectivity index (χ1v) is 7.69. The van der Waals surface area contributed by atoms with Crippen LogP contribution in [0.1, 0.15) is 15.9 Å². The smallest absolute Gasteiger partial charge is 0.271 e. The number of amides is 1. The first kappa shape index (κ1) is 17.4. The van der Waals surface area contributed by atoms with Crippen molar-refractivity contribution < 1.29 is 28.5 Å². The zero-order valence-corrected chi connectivity index (χ0v) is 14.6. The Morgan fingerprint density at radius 2 is 1.73 bits per heavy atom. The fraction of sp³-hybridized carbons (Fsp3) is 0.222. The van der Waals surface area contributed by atoms with Crippen LogP contribution in [-0.4, -0.2) is 40.2 Å². The fourth-order valence-electron chi connectivity index (χ4n) is 2.44. The average Bonchev–Trinajstić information content (AvgIpc) is 3.14. The summed E-state index contributed by atoms with van der Waals surface area (Å²) in [5, 5.41) is 3.96. The lowest BCUT2D eigenvalue weighted by Crippen LogP contribution is -2.18. The standard InChI is InChI=1S/C18H18N2O6/c1-22-15-7-12(8-16(23-2)17(15)24-3)18(21)20-19-9-11-4-5-13-14(6-11)26-10-25-13/h4-9H,10H2,1-3H3,(H,20,21)/b19-9+. The highest BCUT2D eigenvalue weighted by atomic mass is 16.7. The molecule has 1 aliphatic rings. The fourth-order valence-corrected chi connectivity index (χ4v) is 2.44. The summed E-state index contributed by atoms with van der Waals surface area (Å²) in [6, 6.07) is 8.46. The summed E-state index contributed by atoms with van der Waals surface area (Å²) in [5.74, 6) is 2.10. The van der Waals surface area contributed by atoms with Crippen LogP contribution in [-0.2, 0) is 0 Å². The number of nitrogens with zero attached hydrogens (tertiary/aromatic N) is 1. The first-order chi connectivity index (χ1) is 12.7. The van der Waals surface area contributed by atoms with Crippen molar-refractivity contribution in [1.82, 2.24) is 5.43 Å². The number of hydrogen-bond acceptors (Lipinski definition) is 7. The lowest BCUT2D eigenvalue weighted by Gasteiger charge is -2.13. The number of benzene rings is 2. The van der Waals surface area contributed by atoms with Crippen molar-refractivity contribution in [3.05, 3.63) is 41.5 Å². The van der Waals surface area contributed by atoms with Gasteiger partial charge in [-0.25, -0.2) is 5.43 Å². The predicted molar refractivity (Wildman–Crippen MR) is 93.7 cm³/mol. The molecule has 0 fully saturated rings. The zero-order chi connectivity index (χ0) is 18.5. The Morgan fingerprint density at radius 1 is 1.04 bits per heavy atom. The molecule has 0 radical (unpaired) electrons. The molecule has 0 atom stereocenters. The number of carbonyl (C=O) groups is 1. The van der Waals surface area contributed by atoms with E-state index < -0.39 is 5.91 Å². The van der Waals surface area contributed by atoms with E-state index in [0.717, 1.165) is 5.56 Å². The van der Waals surface area contributed by atoms with E-state index in [9.17, 15) is 4.79 Å². The minimum atomic E-state index is -0.416. The topological polar surface area (TPSA) is 87.6 Å². The van der Waals surface area contributed by atoms with Gasteiger partial charge in [-0.05, 0) is 35.9 Å². The van der Waals surface area contributed by atoms with E-state index in [1.54, 1.807) is 24.3 Å². The molecule has 1 N–H and O–H groups in total. The molecule has 0 aromatic heterocycles. The summed E-state index contributed by atoms with van der Waals surface area (Å²) >= 11 is 0. The van der Waals surface area contributed by atoms with Gasteiger partial charge in [0.1, 0.15) is 0 Å². The van der Waals surface area contributed by atoms with E-state index in [4.69, 9.17) is 23.7 Å². The van der Waals surface area contributed by atoms with E-state index in [-0.39, 0.29) is 6.79 Å². The van der Waals surface area contributed by atoms with Gasteiger partial charge < -0.3 is 23.7 Å². The van der Waals surface area contributed by atoms with Crippen LogP contribution < -0.4 is 29.1 Å². The van der Waals surface area contributed by atoms with Crippen molar-refractivity contribution in [2.45, 2.75) is 0 Å². The number of ether oxygens (including phenoxy) is 5. The van der Waals surface area contributed by atoms with Crippen molar-refractivity contribution >= 4 is 12.1 Å². The highest BCUT2D eigenvalue weighted by Gasteiger charge is 2.17. The van der Waals surface area contributed by atoms with Gasteiger partial charge in [0.25, 0.3) is 5.91 Å². The number of rotatable bonds is 6. The highest BCUT2D eigenvalue weighted by Crippen LogP contribution is 2.38. The Hall–Kier alpha value is -3.42. The van der Waals surface area contributed by atoms with Crippen LogP contribution in [0.3, 0.4) is 0 Å². The van der Waals surface area contributed by atoms with Gasteiger partial charge in [0.05, 0.1) is 27.5 Å². The summed E-state index contributed by atoms with van der Waals surface area (Å²) in [5.41, 5.74) is 3.55. The summed E-state index contributed by atoms with van der Waals surface area (Å²) in [6.45, 7) is 0.202. The van der Waals surface area contributed by atoms with Gasteiger partial charge in [-0.1, -0.05) is 0 Å². The van der Waals surface area contributed by atoms with Gasteiger partial charge in [-0.2, -0.15) is 5.10 Å². The van der Waals surface area contributed by atoms with Crippen molar-refractivity contribution in [2.75, 3.05) is 28.1 Å². The van der Waals surface area contributed by atoms with E-state index in [2.05, 4.69) is 10.5 Å². The summed E-state index contributed by atoms with van der Waals surface area (Å²) in [4.78, 5) is 12.3. The van der Waals surface area contributed by atoms with Crippen LogP contribution >= 0.6 is 0 Å². The van der Waals surface area contributed by atoms with Crippen LogP contribution in [0.15, 0.2) is 35.4 Å². The molecule has 2 aromatic carbocycles. The molecule has 1 aliphatic heterocycles. The number of hydrazone groups is 1. The van der Waals surface area contributed by atoms with Crippen molar-refractivity contribution in [3.8, 4) is 28.7 Å². The third-order valence-electron chi connectivity index (χ3n) is 3.70. The van der Waals surface area contributed by atoms with Crippen molar-refractivity contribution in [3.63, 3.8) is 0 Å². The maximum atomic E-state index is 12.3. The molecule has 1 heterocycles. The van der Waals surface area contributed by atoms with Gasteiger partial charge >= 0.3 is 0 Å². The van der Waals surface area contributed by atoms with E-state index in [0.29, 0.717) is 34.3 Å². The van der Waals surface area contributed by atoms with Gasteiger partial charge in [-0.15, -0.1) is 0 Å². The Balaban J connectivity index is 1.73. The molecule has 0 aliphatic carbocycles. The van der Waals surface area contributed by atoms with Gasteiger partial charge in [0.15, 0.2) is 23.0 Å². The molecule has 136 valence electrons. The summed E-state index contributed by atoms with van der Waals surface area (Å²) < 4.78 is 26.3. The average molecular weight is 358 g/mol. The van der Waals surface area contributed by atoms with Gasteiger partial charge in [-0.3, -0.25) is 4.79 Å². The first-order valence-electron chi connectivity index (χ1n) is 7.69. The molecule has 8 nitrogen and oxygen atoms in total. The molecule has 0 bridgehead atoms. The van der Waals surface area contributed by atoms with Crippen LogP contribution in [0.5, 0.6) is 28.7 Å². The summed E-state index contributed by atoms with van der Waals surface area (Å²) in [6.07, 6.45) is 1.51. The SMILES string of the molecule is COc1cc(C(=O)N/N=C/c2ccc3c(c2)OCO3)cc(OC)c1OC. The minimum Gasteiger partial charge on any atom is -0.493 e. The summed E-state index contributed by atoms with van der Waals surface area (Å²) in [7, 11) is 4.46. The van der Waals surface area contributed by atoms with Gasteiger partial charge in [0, 0.05) is 5.56 Å². The second-order valence-electron chi connectivity index (χ2n) is 5.23. The molecule has 0 unspecified atom stereocenters. The Kier molecular flexibility index (Phi) is 5.12. The third kappa shape index (κ3) is 3.49. The molecule has 26 heavy (non-hydrogen) atoms. The molecule has 0 spiro atoms. The molecule has 8 heteroatoms. The Labute approximate surface area is 150 Å². The molecular formula is C18H18N2O6. The maximum Gasteiger partial charge on any atom is 0.271 e. The largest absolute Gasteiger partial charge is 0.493 e. The molecule has 2 aromatic rings. The quantitative estimate of drug-likeness (QED) is 0.629. The lowest BCUT2D eigenvalue weighted by atomic mass is 10.1. The van der Waals surface area contributed by atoms with Crippen molar-refractivity contribution in [1.29, 1.82) is 0 Å². The van der Waals surface area contributed by atoms with Crippen LogP contribution in [0.2, 0.25) is 0 Å². The van der Waals surface area contributed by atoms with Crippen molar-refractivity contribution in [2.24, 2.45) is 5.10 Å². The Bertz CT molecular complexity index is 825. The van der Waals surface area contributed by atoms with E-state index in [1.165, 1.54) is 27.5 Å². The second-order valence-corrected chi connectivity index (χ2v) is 5.23. The molecular weight excluding hydrogens is 340 g/mol. The van der Waals surface area contributed by atoms with Crippen LogP contribution in [0.25, 0.3) is 0 Å². The monoisotopic (exact) mass is 358 g/mol. The second kappa shape index (κ2) is 7.64. The molecule has 0 saturated heterocycles. The number of carbonyl (C=O) groups excluding carboxylic acids is 1. The van der Waals surface area contributed by atoms with Crippen LogP contribution in [0.4, 0.5) is 0 Å². The highest BCUT2D eigenvalue weighted by molar-refractivity contribution is 5.96. The van der Waals surface area contributed by atoms with E-state index >= 15 is 0 Å². The molecule has 1 amide bonds. The molecule has 0 saturated carbocycles. The zero-order valence-electron chi connectivity index (χ0n) is 14.6. The number of fused-ring (bicyclic) bond motifs is 1. The normalized spacial score (nSPS) is 12.1. The molecule has 3 rings (SSSR count). The Morgan fingerprint density at radius 3 is 2.38 bits per heavy atom. The number of hydrogen-bond donors (Lipinski definition) is 1. The predicted octanol–water partition coefficient (Wildman–Crippen LogP) is 2.21. The van der Waals surface area contributed by atoms with Crippen LogP contribution in [0, 0.1) is 0 Å². The lowest BCUT2D eigenvalue weighted by molar-refractivity contribution is 0.0954. The van der Waals surface area contributed by atoms with Gasteiger partial charge in [0.2, 0.25) is 12.5 Å². The third-order valence-corrected chi connectivity index (χ3v) is 3.70.